The molecule has 30 heavy (non-hydrogen) atoms. The highest BCUT2D eigenvalue weighted by molar-refractivity contribution is 5.79. The molecule has 1 N–H and O–H groups in total. The summed E-state index contributed by atoms with van der Waals surface area (Å²) in [5, 5.41) is 2.97. The average Bonchev–Trinajstić information content (AvgIpc) is 3.21. The summed E-state index contributed by atoms with van der Waals surface area (Å²) >= 11 is 0. The molecular weight excluding hydrogens is 380 g/mol. The van der Waals surface area contributed by atoms with Crippen LogP contribution in [0.2, 0.25) is 0 Å². The summed E-state index contributed by atoms with van der Waals surface area (Å²) in [4.78, 5) is 30.8. The Morgan fingerprint density at radius 3 is 2.67 bits per heavy atom. The maximum absolute atomic E-state index is 12.9. The molecule has 4 fully saturated rings. The Kier molecular flexibility index (Phi) is 5.31. The second-order valence-corrected chi connectivity index (χ2v) is 9.13. The smallest absolute Gasteiger partial charge is 0.320 e. The molecule has 162 valence electrons. The maximum atomic E-state index is 12.9. The first-order valence-electron chi connectivity index (χ1n) is 11.4. The van der Waals surface area contributed by atoms with Crippen molar-refractivity contribution in [1.82, 2.24) is 15.1 Å². The molecule has 0 aromatic heterocycles. The van der Waals surface area contributed by atoms with Gasteiger partial charge >= 0.3 is 6.03 Å². The Labute approximate surface area is 178 Å². The summed E-state index contributed by atoms with van der Waals surface area (Å²) in [5.74, 6) is 0.330. The van der Waals surface area contributed by atoms with Gasteiger partial charge in [0.15, 0.2) is 0 Å². The van der Waals surface area contributed by atoms with Crippen LogP contribution < -0.4 is 10.2 Å². The number of benzene rings is 1. The van der Waals surface area contributed by atoms with Crippen LogP contribution in [0, 0.1) is 0 Å². The van der Waals surface area contributed by atoms with Gasteiger partial charge in [-0.2, -0.15) is 0 Å². The maximum Gasteiger partial charge on any atom is 0.320 e. The van der Waals surface area contributed by atoms with E-state index < -0.39 is 0 Å². The molecule has 4 saturated heterocycles. The Bertz CT molecular complexity index is 792. The van der Waals surface area contributed by atoms with Gasteiger partial charge in [0.05, 0.1) is 12.1 Å². The van der Waals surface area contributed by atoms with E-state index in [0.29, 0.717) is 25.0 Å². The zero-order valence-electron chi connectivity index (χ0n) is 17.8. The van der Waals surface area contributed by atoms with Gasteiger partial charge in [-0.3, -0.25) is 4.79 Å². The number of nitrogens with one attached hydrogen (secondary N) is 1. The highest BCUT2D eigenvalue weighted by Gasteiger charge is 2.40. The fraction of sp³-hybridized carbons (Fsp3) is 0.652. The van der Waals surface area contributed by atoms with E-state index in [9.17, 15) is 9.59 Å². The summed E-state index contributed by atoms with van der Waals surface area (Å²) in [6.07, 6.45) is 4.61. The third-order valence-corrected chi connectivity index (χ3v) is 7.29. The van der Waals surface area contributed by atoms with Gasteiger partial charge in [0.2, 0.25) is 5.91 Å². The summed E-state index contributed by atoms with van der Waals surface area (Å²) in [5.41, 5.74) is 2.65. The lowest BCUT2D eigenvalue weighted by Gasteiger charge is -2.46. The third-order valence-electron chi connectivity index (χ3n) is 7.29. The molecular formula is C23H32N4O3. The Morgan fingerprint density at radius 2 is 1.90 bits per heavy atom. The second kappa shape index (κ2) is 8.10. The molecule has 7 heteroatoms. The van der Waals surface area contributed by atoms with Crippen molar-refractivity contribution in [2.45, 2.75) is 56.7 Å². The Balaban J connectivity index is 1.14. The topological polar surface area (TPSA) is 65.1 Å². The number of hydrogen-bond acceptors (Lipinski definition) is 4. The van der Waals surface area contributed by atoms with E-state index in [2.05, 4.69) is 41.4 Å². The van der Waals surface area contributed by atoms with Crippen LogP contribution in [0.15, 0.2) is 24.3 Å². The number of anilines is 1. The molecule has 3 amide bonds. The van der Waals surface area contributed by atoms with E-state index in [1.165, 1.54) is 30.5 Å². The number of ether oxygens (including phenoxy) is 1. The van der Waals surface area contributed by atoms with Crippen molar-refractivity contribution < 1.29 is 14.3 Å². The van der Waals surface area contributed by atoms with Crippen molar-refractivity contribution in [1.29, 1.82) is 0 Å². The molecule has 3 atom stereocenters. The van der Waals surface area contributed by atoms with Gasteiger partial charge in [0.1, 0.15) is 6.61 Å². The average molecular weight is 413 g/mol. The lowest BCUT2D eigenvalue weighted by Crippen LogP contribution is -2.63. The number of fused-ring (bicyclic) bond motifs is 1. The van der Waals surface area contributed by atoms with Crippen molar-refractivity contribution in [2.75, 3.05) is 44.2 Å². The summed E-state index contributed by atoms with van der Waals surface area (Å²) in [7, 11) is 0. The summed E-state index contributed by atoms with van der Waals surface area (Å²) in [6, 6.07) is 9.68. The van der Waals surface area contributed by atoms with Crippen molar-refractivity contribution in [3.8, 4) is 0 Å². The van der Waals surface area contributed by atoms with Crippen LogP contribution in [0.3, 0.4) is 0 Å². The molecule has 0 saturated carbocycles. The first-order chi connectivity index (χ1) is 14.6. The van der Waals surface area contributed by atoms with Gasteiger partial charge in [-0.1, -0.05) is 19.1 Å². The number of urea groups is 1. The molecule has 4 aliphatic rings. The summed E-state index contributed by atoms with van der Waals surface area (Å²) < 4.78 is 5.59. The zero-order valence-corrected chi connectivity index (χ0v) is 17.8. The van der Waals surface area contributed by atoms with Crippen LogP contribution in [-0.2, 0) is 9.53 Å². The van der Waals surface area contributed by atoms with Crippen LogP contribution in [0.1, 0.15) is 44.1 Å². The molecule has 2 unspecified atom stereocenters. The molecule has 4 aliphatic heterocycles. The van der Waals surface area contributed by atoms with Crippen LogP contribution in [0.25, 0.3) is 0 Å². The molecule has 0 radical (unpaired) electrons. The van der Waals surface area contributed by atoms with Gasteiger partial charge in [0.25, 0.3) is 0 Å². The predicted octanol–water partition coefficient (Wildman–Crippen LogP) is 2.17. The molecule has 1 aromatic carbocycles. The highest BCUT2D eigenvalue weighted by atomic mass is 16.5. The van der Waals surface area contributed by atoms with E-state index in [0.717, 1.165) is 26.1 Å². The van der Waals surface area contributed by atoms with Crippen molar-refractivity contribution in [2.24, 2.45) is 0 Å². The minimum Gasteiger partial charge on any atom is -0.369 e. The SMILES string of the molecule is CCC1CCCN1c1ccc(C2CN(C(=O)N3CCC4OCC(=O)N[C@@H]4C3)C2)cc1. The Hall–Kier alpha value is -2.28. The van der Waals surface area contributed by atoms with Gasteiger partial charge in [-0.05, 0) is 43.4 Å². The number of likely N-dealkylation sites (tertiary alicyclic amines) is 2. The van der Waals surface area contributed by atoms with E-state index in [1.54, 1.807) is 0 Å². The van der Waals surface area contributed by atoms with Crippen molar-refractivity contribution in [3.63, 3.8) is 0 Å². The second-order valence-electron chi connectivity index (χ2n) is 9.13. The lowest BCUT2D eigenvalue weighted by molar-refractivity contribution is -0.139. The largest absolute Gasteiger partial charge is 0.369 e. The third kappa shape index (κ3) is 3.64. The molecule has 4 heterocycles. The van der Waals surface area contributed by atoms with Crippen LogP contribution in [0.4, 0.5) is 10.5 Å². The minimum absolute atomic E-state index is 0.0392. The van der Waals surface area contributed by atoms with E-state index >= 15 is 0 Å². The van der Waals surface area contributed by atoms with Crippen molar-refractivity contribution >= 4 is 17.6 Å². The fourth-order valence-corrected chi connectivity index (χ4v) is 5.46. The number of carbonyl (C=O) groups is 2. The minimum atomic E-state index is -0.0859. The first-order valence-corrected chi connectivity index (χ1v) is 11.4. The fourth-order valence-electron chi connectivity index (χ4n) is 5.46. The monoisotopic (exact) mass is 412 g/mol. The van der Waals surface area contributed by atoms with Crippen LogP contribution >= 0.6 is 0 Å². The van der Waals surface area contributed by atoms with Gasteiger partial charge in [0, 0.05) is 50.4 Å². The van der Waals surface area contributed by atoms with Gasteiger partial charge in [-0.15, -0.1) is 0 Å². The molecule has 1 aromatic rings. The number of morpholine rings is 1. The molecule has 7 nitrogen and oxygen atoms in total. The highest BCUT2D eigenvalue weighted by Crippen LogP contribution is 2.32. The van der Waals surface area contributed by atoms with Gasteiger partial charge in [-0.25, -0.2) is 4.79 Å². The molecule has 0 bridgehead atoms. The van der Waals surface area contributed by atoms with E-state index in [-0.39, 0.29) is 30.7 Å². The normalized spacial score (nSPS) is 29.4. The Morgan fingerprint density at radius 1 is 1.10 bits per heavy atom. The number of piperidine rings is 1. The summed E-state index contributed by atoms with van der Waals surface area (Å²) in [6.45, 7) is 6.35. The standard InChI is InChI=1S/C23H32N4O3/c1-2-18-4-3-10-27(18)19-7-5-16(6-8-19)17-12-26(13-17)23(29)25-11-9-21-20(14-25)24-22(28)15-30-21/h5-8,17-18,20-21H,2-4,9-15H2,1H3,(H,24,28)/t18?,20-,21?/m1/s1. The first kappa shape index (κ1) is 19.7. The van der Waals surface area contributed by atoms with E-state index in [1.807, 2.05) is 9.80 Å². The number of hydrogen-bond donors (Lipinski definition) is 1. The number of amides is 3. The van der Waals surface area contributed by atoms with E-state index in [4.69, 9.17) is 4.74 Å². The predicted molar refractivity (Wildman–Crippen MR) is 115 cm³/mol. The molecule has 0 spiro atoms. The number of carbonyl (C=O) groups excluding carboxylic acids is 2. The zero-order chi connectivity index (χ0) is 20.7. The van der Waals surface area contributed by atoms with Crippen LogP contribution in [0.5, 0.6) is 0 Å². The van der Waals surface area contributed by atoms with Crippen molar-refractivity contribution in [3.05, 3.63) is 29.8 Å². The number of nitrogens with zero attached hydrogens (tertiary/aromatic N) is 3. The molecule has 5 rings (SSSR count). The van der Waals surface area contributed by atoms with Crippen LogP contribution in [-0.4, -0.2) is 79.3 Å². The quantitative estimate of drug-likeness (QED) is 0.827. The van der Waals surface area contributed by atoms with Gasteiger partial charge < -0.3 is 24.8 Å². The molecule has 0 aliphatic carbocycles. The lowest BCUT2D eigenvalue weighted by atomic mass is 9.91. The number of rotatable bonds is 3.